The highest BCUT2D eigenvalue weighted by Gasteiger charge is 2.35. The van der Waals surface area contributed by atoms with Gasteiger partial charge < -0.3 is 9.64 Å². The van der Waals surface area contributed by atoms with E-state index in [4.69, 9.17) is 17.0 Å². The van der Waals surface area contributed by atoms with E-state index in [0.717, 1.165) is 38.4 Å². The molecule has 0 aromatic heterocycles. The molecule has 0 unspecified atom stereocenters. The number of hydrogen-bond donors (Lipinski definition) is 0. The van der Waals surface area contributed by atoms with Crippen LogP contribution >= 0.6 is 12.2 Å². The lowest BCUT2D eigenvalue weighted by molar-refractivity contribution is -0.122. The summed E-state index contributed by atoms with van der Waals surface area (Å²) in [5.41, 5.74) is 1.63. The van der Waals surface area contributed by atoms with E-state index in [9.17, 15) is 4.79 Å². The molecule has 5 nitrogen and oxygen atoms in total. The molecule has 0 radical (unpaired) electrons. The van der Waals surface area contributed by atoms with Crippen LogP contribution in [0, 0.1) is 0 Å². The molecule has 6 heteroatoms. The van der Waals surface area contributed by atoms with Crippen LogP contribution < -0.4 is 0 Å². The zero-order valence-corrected chi connectivity index (χ0v) is 14.1. The van der Waals surface area contributed by atoms with Crippen molar-refractivity contribution in [3.8, 4) is 0 Å². The van der Waals surface area contributed by atoms with Crippen molar-refractivity contribution in [1.82, 2.24) is 14.7 Å². The number of nitrogens with zero attached hydrogens (tertiary/aromatic N) is 3. The molecule has 0 spiro atoms. The molecule has 2 saturated heterocycles. The fourth-order valence-corrected chi connectivity index (χ4v) is 3.05. The highest BCUT2D eigenvalue weighted by Crippen LogP contribution is 2.22. The van der Waals surface area contributed by atoms with Crippen LogP contribution in [0.15, 0.2) is 36.0 Å². The van der Waals surface area contributed by atoms with Gasteiger partial charge in [-0.25, -0.2) is 0 Å². The summed E-state index contributed by atoms with van der Waals surface area (Å²) in [6.45, 7) is 4.79. The van der Waals surface area contributed by atoms with E-state index in [2.05, 4.69) is 4.90 Å². The zero-order chi connectivity index (χ0) is 16.2. The first-order valence-corrected chi connectivity index (χ1v) is 8.24. The Kier molecular flexibility index (Phi) is 5.05. The Bertz CT molecular complexity index is 612. The number of amides is 1. The fourth-order valence-electron chi connectivity index (χ4n) is 2.78. The van der Waals surface area contributed by atoms with E-state index in [1.165, 1.54) is 0 Å². The van der Waals surface area contributed by atoms with Crippen molar-refractivity contribution in [1.29, 1.82) is 0 Å². The molecule has 0 atom stereocenters. The fraction of sp³-hybridized carbons (Fsp3) is 0.412. The SMILES string of the molecule is CN1C(=S)N(CCN2CCOCC2)C(=O)C1=Cc1ccccc1. The minimum absolute atomic E-state index is 0.0189. The topological polar surface area (TPSA) is 36.0 Å². The molecule has 0 saturated carbocycles. The van der Waals surface area contributed by atoms with Crippen LogP contribution in [-0.2, 0) is 9.53 Å². The Balaban J connectivity index is 1.69. The molecule has 23 heavy (non-hydrogen) atoms. The normalized spacial score (nSPS) is 21.5. The van der Waals surface area contributed by atoms with Crippen LogP contribution in [-0.4, -0.2) is 72.2 Å². The largest absolute Gasteiger partial charge is 0.379 e. The molecule has 2 aliphatic rings. The van der Waals surface area contributed by atoms with Gasteiger partial charge in [-0.3, -0.25) is 14.6 Å². The first-order chi connectivity index (χ1) is 11.2. The van der Waals surface area contributed by atoms with E-state index < -0.39 is 0 Å². The molecule has 1 aromatic rings. The molecule has 2 aliphatic heterocycles. The van der Waals surface area contributed by atoms with E-state index in [1.807, 2.05) is 43.5 Å². The van der Waals surface area contributed by atoms with Crippen LogP contribution in [0.1, 0.15) is 5.56 Å². The summed E-state index contributed by atoms with van der Waals surface area (Å²) in [5, 5.41) is 0.574. The van der Waals surface area contributed by atoms with E-state index in [0.29, 0.717) is 17.4 Å². The van der Waals surface area contributed by atoms with Crippen molar-refractivity contribution in [2.45, 2.75) is 0 Å². The van der Waals surface area contributed by atoms with Gasteiger partial charge in [-0.1, -0.05) is 30.3 Å². The first-order valence-electron chi connectivity index (χ1n) is 7.83. The Morgan fingerprint density at radius 1 is 1.17 bits per heavy atom. The second kappa shape index (κ2) is 7.21. The maximum atomic E-state index is 12.7. The summed E-state index contributed by atoms with van der Waals surface area (Å²) in [5.74, 6) is -0.0189. The monoisotopic (exact) mass is 331 g/mol. The second-order valence-corrected chi connectivity index (χ2v) is 6.06. The zero-order valence-electron chi connectivity index (χ0n) is 13.3. The third kappa shape index (κ3) is 3.60. The van der Waals surface area contributed by atoms with E-state index in [-0.39, 0.29) is 5.91 Å². The molecule has 1 amide bonds. The predicted molar refractivity (Wildman–Crippen MR) is 93.8 cm³/mol. The second-order valence-electron chi connectivity index (χ2n) is 5.69. The summed E-state index contributed by atoms with van der Waals surface area (Å²) >= 11 is 5.45. The Hall–Kier alpha value is -1.76. The number of thiocarbonyl (C=S) groups is 1. The molecule has 122 valence electrons. The van der Waals surface area contributed by atoms with Gasteiger partial charge in [0.25, 0.3) is 5.91 Å². The number of benzene rings is 1. The molecular weight excluding hydrogens is 310 g/mol. The summed E-state index contributed by atoms with van der Waals surface area (Å²) in [7, 11) is 1.85. The van der Waals surface area contributed by atoms with Gasteiger partial charge in [-0.05, 0) is 23.9 Å². The summed E-state index contributed by atoms with van der Waals surface area (Å²) in [6, 6.07) is 9.84. The predicted octanol–water partition coefficient (Wildman–Crippen LogP) is 1.42. The summed E-state index contributed by atoms with van der Waals surface area (Å²) < 4.78 is 5.35. The number of hydrogen-bond acceptors (Lipinski definition) is 4. The van der Waals surface area contributed by atoms with Gasteiger partial charge in [-0.2, -0.15) is 0 Å². The van der Waals surface area contributed by atoms with Gasteiger partial charge >= 0.3 is 0 Å². The number of morpholine rings is 1. The average Bonchev–Trinajstić information content (AvgIpc) is 2.79. The smallest absolute Gasteiger partial charge is 0.276 e. The third-order valence-electron chi connectivity index (χ3n) is 4.19. The minimum Gasteiger partial charge on any atom is -0.379 e. The molecule has 0 bridgehead atoms. The number of rotatable bonds is 4. The number of likely N-dealkylation sites (N-methyl/N-ethyl adjacent to an activating group) is 1. The van der Waals surface area contributed by atoms with Gasteiger partial charge in [0.15, 0.2) is 5.11 Å². The van der Waals surface area contributed by atoms with E-state index in [1.54, 1.807) is 9.80 Å². The van der Waals surface area contributed by atoms with Crippen LogP contribution in [0.4, 0.5) is 0 Å². The number of carbonyl (C=O) groups excluding carboxylic acids is 1. The first kappa shape index (κ1) is 16.1. The van der Waals surface area contributed by atoms with E-state index >= 15 is 0 Å². The van der Waals surface area contributed by atoms with Crippen LogP contribution in [0.3, 0.4) is 0 Å². The Labute approximate surface area is 142 Å². The standard InChI is InChI=1S/C17H21N3O2S/c1-18-15(13-14-5-3-2-4-6-14)16(21)20(17(18)23)8-7-19-9-11-22-12-10-19/h2-6,13H,7-12H2,1H3. The van der Waals surface area contributed by atoms with Crippen LogP contribution in [0.25, 0.3) is 6.08 Å². The third-order valence-corrected chi connectivity index (χ3v) is 4.68. The lowest BCUT2D eigenvalue weighted by Crippen LogP contribution is -2.43. The van der Waals surface area contributed by atoms with Crippen molar-refractivity contribution >= 4 is 29.3 Å². The van der Waals surface area contributed by atoms with Crippen molar-refractivity contribution < 1.29 is 9.53 Å². The molecule has 1 aromatic carbocycles. The summed E-state index contributed by atoms with van der Waals surface area (Å²) in [4.78, 5) is 18.5. The number of carbonyl (C=O) groups is 1. The maximum Gasteiger partial charge on any atom is 0.276 e. The van der Waals surface area contributed by atoms with Crippen LogP contribution in [0.5, 0.6) is 0 Å². The van der Waals surface area contributed by atoms with Gasteiger partial charge in [0.05, 0.1) is 13.2 Å². The van der Waals surface area contributed by atoms with Gasteiger partial charge in [0.1, 0.15) is 5.70 Å². The molecule has 2 fully saturated rings. The lowest BCUT2D eigenvalue weighted by atomic mass is 10.2. The highest BCUT2D eigenvalue weighted by atomic mass is 32.1. The quantitative estimate of drug-likeness (QED) is 0.616. The number of ether oxygens (including phenoxy) is 1. The molecule has 3 rings (SSSR count). The molecule has 0 aliphatic carbocycles. The Morgan fingerprint density at radius 2 is 1.87 bits per heavy atom. The van der Waals surface area contributed by atoms with Crippen molar-refractivity contribution in [2.24, 2.45) is 0 Å². The molecular formula is C17H21N3O2S. The maximum absolute atomic E-state index is 12.7. The molecule has 0 N–H and O–H groups in total. The average molecular weight is 331 g/mol. The summed E-state index contributed by atoms with van der Waals surface area (Å²) in [6.07, 6.45) is 1.89. The van der Waals surface area contributed by atoms with Gasteiger partial charge in [-0.15, -0.1) is 0 Å². The minimum atomic E-state index is -0.0189. The highest BCUT2D eigenvalue weighted by molar-refractivity contribution is 7.80. The van der Waals surface area contributed by atoms with Crippen molar-refractivity contribution in [2.75, 3.05) is 46.4 Å². The Morgan fingerprint density at radius 3 is 2.57 bits per heavy atom. The van der Waals surface area contributed by atoms with Gasteiger partial charge in [0.2, 0.25) is 0 Å². The molecule has 2 heterocycles. The van der Waals surface area contributed by atoms with Crippen molar-refractivity contribution in [3.63, 3.8) is 0 Å². The van der Waals surface area contributed by atoms with Crippen LogP contribution in [0.2, 0.25) is 0 Å². The lowest BCUT2D eigenvalue weighted by Gasteiger charge is -2.28. The van der Waals surface area contributed by atoms with Crippen molar-refractivity contribution in [3.05, 3.63) is 41.6 Å². The van der Waals surface area contributed by atoms with Gasteiger partial charge in [0, 0.05) is 33.2 Å².